The van der Waals surface area contributed by atoms with Crippen molar-refractivity contribution in [3.63, 3.8) is 0 Å². The van der Waals surface area contributed by atoms with Crippen LogP contribution in [-0.2, 0) is 9.53 Å². The van der Waals surface area contributed by atoms with Crippen LogP contribution in [0.3, 0.4) is 0 Å². The summed E-state index contributed by atoms with van der Waals surface area (Å²) in [7, 11) is 1.69. The maximum Gasteiger partial charge on any atom is 0.310 e. The third-order valence-corrected chi connectivity index (χ3v) is 3.37. The molecule has 0 spiro atoms. The molecule has 0 amide bonds. The predicted molar refractivity (Wildman–Crippen MR) is 57.9 cm³/mol. The van der Waals surface area contributed by atoms with Crippen LogP contribution in [0.5, 0.6) is 0 Å². The van der Waals surface area contributed by atoms with E-state index in [1.165, 1.54) is 0 Å². The van der Waals surface area contributed by atoms with Crippen LogP contribution in [0.2, 0.25) is 0 Å². The fourth-order valence-corrected chi connectivity index (χ4v) is 2.16. The number of carboxylic acids is 1. The van der Waals surface area contributed by atoms with Crippen molar-refractivity contribution in [2.45, 2.75) is 32.7 Å². The molecule has 1 rings (SSSR count). The number of rotatable bonds is 5. The van der Waals surface area contributed by atoms with Gasteiger partial charge in [-0.2, -0.15) is 0 Å². The van der Waals surface area contributed by atoms with E-state index in [4.69, 9.17) is 9.84 Å². The third-order valence-electron chi connectivity index (χ3n) is 3.37. The Morgan fingerprint density at radius 3 is 2.73 bits per heavy atom. The summed E-state index contributed by atoms with van der Waals surface area (Å²) in [6.07, 6.45) is 1.74. The fraction of sp³-hybridized carbons (Fsp3) is 0.909. The summed E-state index contributed by atoms with van der Waals surface area (Å²) in [5.74, 6) is -0.683. The van der Waals surface area contributed by atoms with Crippen LogP contribution in [0.4, 0.5) is 0 Å². The Hall–Kier alpha value is -0.610. The van der Waals surface area contributed by atoms with E-state index >= 15 is 0 Å². The Bertz CT molecular complexity index is 232. The molecule has 1 N–H and O–H groups in total. The first kappa shape index (κ1) is 12.5. The zero-order chi connectivity index (χ0) is 11.5. The lowest BCUT2D eigenvalue weighted by Crippen LogP contribution is -2.39. The van der Waals surface area contributed by atoms with Gasteiger partial charge in [0.25, 0.3) is 0 Å². The van der Waals surface area contributed by atoms with Crippen LogP contribution in [0.15, 0.2) is 0 Å². The van der Waals surface area contributed by atoms with Gasteiger partial charge in [0.15, 0.2) is 0 Å². The van der Waals surface area contributed by atoms with Gasteiger partial charge in [-0.05, 0) is 26.3 Å². The van der Waals surface area contributed by atoms with E-state index in [9.17, 15) is 4.79 Å². The van der Waals surface area contributed by atoms with Gasteiger partial charge in [0, 0.05) is 19.7 Å². The molecule has 2 atom stereocenters. The molecule has 15 heavy (non-hydrogen) atoms. The lowest BCUT2D eigenvalue weighted by molar-refractivity contribution is -0.147. The lowest BCUT2D eigenvalue weighted by atomic mass is 9.90. The van der Waals surface area contributed by atoms with E-state index in [1.54, 1.807) is 7.11 Å². The molecule has 1 aliphatic rings. The average Bonchev–Trinajstić information content (AvgIpc) is 2.59. The van der Waals surface area contributed by atoms with E-state index in [0.717, 1.165) is 19.4 Å². The van der Waals surface area contributed by atoms with Crippen LogP contribution in [0.25, 0.3) is 0 Å². The Morgan fingerprint density at radius 2 is 2.33 bits per heavy atom. The van der Waals surface area contributed by atoms with Crippen molar-refractivity contribution in [3.05, 3.63) is 0 Å². The predicted octanol–water partition coefficient (Wildman–Crippen LogP) is 1.21. The summed E-state index contributed by atoms with van der Waals surface area (Å²) < 4.78 is 5.15. The minimum absolute atomic E-state index is 0.358. The molecular weight excluding hydrogens is 194 g/mol. The van der Waals surface area contributed by atoms with Crippen LogP contribution in [-0.4, -0.2) is 48.8 Å². The van der Waals surface area contributed by atoms with Crippen molar-refractivity contribution in [1.82, 2.24) is 4.90 Å². The van der Waals surface area contributed by atoms with E-state index in [-0.39, 0.29) is 0 Å². The van der Waals surface area contributed by atoms with Gasteiger partial charge in [-0.25, -0.2) is 0 Å². The lowest BCUT2D eigenvalue weighted by Gasteiger charge is -2.27. The van der Waals surface area contributed by atoms with Gasteiger partial charge in [-0.1, -0.05) is 6.92 Å². The largest absolute Gasteiger partial charge is 0.481 e. The van der Waals surface area contributed by atoms with Gasteiger partial charge >= 0.3 is 5.97 Å². The molecule has 0 aromatic heterocycles. The molecule has 1 fully saturated rings. The normalized spacial score (nSPS) is 29.3. The van der Waals surface area contributed by atoms with Crippen molar-refractivity contribution < 1.29 is 14.6 Å². The summed E-state index contributed by atoms with van der Waals surface area (Å²) in [5, 5.41) is 9.12. The Morgan fingerprint density at radius 1 is 1.67 bits per heavy atom. The highest BCUT2D eigenvalue weighted by Gasteiger charge is 2.42. The Kier molecular flexibility index (Phi) is 4.11. The van der Waals surface area contributed by atoms with E-state index in [0.29, 0.717) is 19.2 Å². The smallest absolute Gasteiger partial charge is 0.310 e. The highest BCUT2D eigenvalue weighted by molar-refractivity contribution is 5.74. The van der Waals surface area contributed by atoms with Crippen molar-refractivity contribution in [3.8, 4) is 0 Å². The average molecular weight is 215 g/mol. The molecule has 1 heterocycles. The summed E-state index contributed by atoms with van der Waals surface area (Å²) in [5.41, 5.74) is -0.568. The second kappa shape index (κ2) is 4.94. The van der Waals surface area contributed by atoms with E-state index in [1.807, 2.05) is 6.92 Å². The molecule has 0 aromatic carbocycles. The quantitative estimate of drug-likeness (QED) is 0.749. The van der Waals surface area contributed by atoms with Crippen LogP contribution in [0.1, 0.15) is 26.7 Å². The molecule has 0 radical (unpaired) electrons. The van der Waals surface area contributed by atoms with Crippen LogP contribution >= 0.6 is 0 Å². The Balaban J connectivity index is 2.57. The number of hydrogen-bond acceptors (Lipinski definition) is 3. The second-order valence-corrected chi connectivity index (χ2v) is 4.60. The molecule has 0 aromatic rings. The minimum Gasteiger partial charge on any atom is -0.481 e. The van der Waals surface area contributed by atoms with Gasteiger partial charge in [-0.3, -0.25) is 9.69 Å². The van der Waals surface area contributed by atoms with Crippen LogP contribution in [0, 0.1) is 5.41 Å². The number of carboxylic acid groups (broad SMARTS) is 1. The number of hydrogen-bond donors (Lipinski definition) is 1. The summed E-state index contributed by atoms with van der Waals surface area (Å²) in [6, 6.07) is 0.358. The number of carbonyl (C=O) groups is 1. The van der Waals surface area contributed by atoms with Crippen molar-refractivity contribution in [1.29, 1.82) is 0 Å². The van der Waals surface area contributed by atoms with Gasteiger partial charge in [0.05, 0.1) is 12.0 Å². The molecule has 1 saturated heterocycles. The van der Waals surface area contributed by atoms with Gasteiger partial charge in [0.2, 0.25) is 0 Å². The molecule has 0 aliphatic carbocycles. The molecule has 0 bridgehead atoms. The van der Waals surface area contributed by atoms with Crippen molar-refractivity contribution in [2.24, 2.45) is 5.41 Å². The number of likely N-dealkylation sites (tertiary alicyclic amines) is 1. The number of ether oxygens (including phenoxy) is 1. The SMILES string of the molecule is CCC(COC)N1CCC(C)(C(=O)O)C1. The third kappa shape index (κ3) is 2.69. The number of methoxy groups -OCH3 is 1. The van der Waals surface area contributed by atoms with Gasteiger partial charge in [0.1, 0.15) is 0 Å². The zero-order valence-electron chi connectivity index (χ0n) is 9.82. The molecule has 4 heteroatoms. The van der Waals surface area contributed by atoms with E-state index in [2.05, 4.69) is 11.8 Å². The maximum atomic E-state index is 11.1. The molecule has 0 saturated carbocycles. The number of aliphatic carboxylic acids is 1. The summed E-state index contributed by atoms with van der Waals surface area (Å²) >= 11 is 0. The highest BCUT2D eigenvalue weighted by Crippen LogP contribution is 2.31. The first-order valence-electron chi connectivity index (χ1n) is 5.50. The zero-order valence-corrected chi connectivity index (χ0v) is 9.82. The van der Waals surface area contributed by atoms with Gasteiger partial charge < -0.3 is 9.84 Å². The highest BCUT2D eigenvalue weighted by atomic mass is 16.5. The molecule has 88 valence electrons. The maximum absolute atomic E-state index is 11.1. The summed E-state index contributed by atoms with van der Waals surface area (Å²) in [6.45, 7) is 6.13. The Labute approximate surface area is 91.2 Å². The number of nitrogens with zero attached hydrogens (tertiary/aromatic N) is 1. The standard InChI is InChI=1S/C11H21NO3/c1-4-9(7-15-3)12-6-5-11(2,8-12)10(13)14/h9H,4-8H2,1-3H3,(H,13,14). The topological polar surface area (TPSA) is 49.8 Å². The minimum atomic E-state index is -0.683. The first-order chi connectivity index (χ1) is 7.03. The van der Waals surface area contributed by atoms with Gasteiger partial charge in [-0.15, -0.1) is 0 Å². The first-order valence-corrected chi connectivity index (χ1v) is 5.50. The van der Waals surface area contributed by atoms with E-state index < -0.39 is 11.4 Å². The fourth-order valence-electron chi connectivity index (χ4n) is 2.16. The summed E-state index contributed by atoms with van der Waals surface area (Å²) in [4.78, 5) is 13.3. The van der Waals surface area contributed by atoms with Crippen LogP contribution < -0.4 is 0 Å². The second-order valence-electron chi connectivity index (χ2n) is 4.60. The molecular formula is C11H21NO3. The van der Waals surface area contributed by atoms with Crippen molar-refractivity contribution >= 4 is 5.97 Å². The molecule has 1 aliphatic heterocycles. The van der Waals surface area contributed by atoms with Crippen molar-refractivity contribution in [2.75, 3.05) is 26.8 Å². The molecule has 4 nitrogen and oxygen atoms in total. The monoisotopic (exact) mass is 215 g/mol. The molecule has 2 unspecified atom stereocenters.